The van der Waals surface area contributed by atoms with Gasteiger partial charge in [-0.2, -0.15) is 18.4 Å². The number of hydrogen-bond acceptors (Lipinski definition) is 10. The molecule has 15 heteroatoms. The Morgan fingerprint density at radius 3 is 1.01 bits per heavy atom. The first kappa shape index (κ1) is 58.4. The van der Waals surface area contributed by atoms with E-state index in [1.54, 1.807) is 18.2 Å². The lowest BCUT2D eigenvalue weighted by Gasteiger charge is -2.21. The average molecular weight is 1270 g/mol. The Hall–Kier alpha value is -13.5. The van der Waals surface area contributed by atoms with Crippen LogP contribution in [0.3, 0.4) is 0 Å². The Kier molecular flexibility index (Phi) is 14.4. The van der Waals surface area contributed by atoms with Gasteiger partial charge in [-0.1, -0.05) is 218 Å². The van der Waals surface area contributed by atoms with E-state index in [0.29, 0.717) is 85.0 Å². The van der Waals surface area contributed by atoms with Crippen LogP contribution in [0.4, 0.5) is 13.2 Å². The van der Waals surface area contributed by atoms with Gasteiger partial charge >= 0.3 is 6.18 Å². The highest BCUT2D eigenvalue weighted by atomic mass is 19.4. The summed E-state index contributed by atoms with van der Waals surface area (Å²) in [7, 11) is 0. The number of nitrogens with zero attached hydrogens (tertiary/aromatic N) is 12. The molecule has 0 aliphatic heterocycles. The molecule has 0 aliphatic rings. The number of hydrogen-bond donors (Lipinski definition) is 0. The van der Waals surface area contributed by atoms with Crippen molar-refractivity contribution < 1.29 is 13.2 Å². The monoisotopic (exact) mass is 1270 g/mol. The van der Waals surface area contributed by atoms with Gasteiger partial charge in [-0.25, -0.2) is 44.9 Å². The van der Waals surface area contributed by atoms with Crippen molar-refractivity contribution in [3.8, 4) is 131 Å². The van der Waals surface area contributed by atoms with Crippen molar-refractivity contribution in [3.05, 3.63) is 308 Å². The van der Waals surface area contributed by atoms with Crippen molar-refractivity contribution in [1.29, 1.82) is 5.26 Å². The minimum absolute atomic E-state index is 0.0771. The number of rotatable bonds is 12. The third-order valence-electron chi connectivity index (χ3n) is 17.5. The molecule has 0 unspecified atom stereocenters. The SMILES string of the molecule is N#Cc1cccc(-c2cccc(-n3c4ccccc4c4cc(-c5nc(-c6ccccc6)nc(-c6ccccc6)n5)ccc43)c2-c2nc(-c3ccccc3)nc(-c3c(-n4c5ccccc5c5cc(-c6nc(-c7ccccc7)nc(-c7ccccc7)n6)ccc54)cccc3C(F)(F)F)n2)c1. The molecule has 0 radical (unpaired) electrons. The van der Waals surface area contributed by atoms with E-state index in [9.17, 15) is 5.26 Å². The predicted molar refractivity (Wildman–Crippen MR) is 379 cm³/mol. The summed E-state index contributed by atoms with van der Waals surface area (Å²) in [5.74, 6) is 2.88. The van der Waals surface area contributed by atoms with Gasteiger partial charge in [0.25, 0.3) is 0 Å². The van der Waals surface area contributed by atoms with Gasteiger partial charge < -0.3 is 9.13 Å². The van der Waals surface area contributed by atoms with Crippen molar-refractivity contribution in [1.82, 2.24) is 54.0 Å². The summed E-state index contributed by atoms with van der Waals surface area (Å²) < 4.78 is 53.4. The van der Waals surface area contributed by atoms with Gasteiger partial charge in [0.15, 0.2) is 52.4 Å². The maximum atomic E-state index is 16.5. The summed E-state index contributed by atoms with van der Waals surface area (Å²) in [6.45, 7) is 0. The Morgan fingerprint density at radius 2 is 0.592 bits per heavy atom. The van der Waals surface area contributed by atoms with Gasteiger partial charge in [0.05, 0.1) is 61.8 Å². The molecule has 5 heterocycles. The van der Waals surface area contributed by atoms with Crippen LogP contribution in [0.5, 0.6) is 0 Å². The largest absolute Gasteiger partial charge is 0.417 e. The van der Waals surface area contributed by atoms with E-state index in [-0.39, 0.29) is 28.7 Å². The molecule has 5 aromatic heterocycles. The Balaban J connectivity index is 0.896. The molecule has 0 N–H and O–H groups in total. The number of fused-ring (bicyclic) bond motifs is 6. The van der Waals surface area contributed by atoms with E-state index < -0.39 is 11.7 Å². The zero-order valence-electron chi connectivity index (χ0n) is 51.8. The van der Waals surface area contributed by atoms with Crippen molar-refractivity contribution in [2.45, 2.75) is 6.18 Å². The van der Waals surface area contributed by atoms with Gasteiger partial charge in [0.1, 0.15) is 0 Å². The molecule has 17 aromatic rings. The predicted octanol–water partition coefficient (Wildman–Crippen LogP) is 20.0. The van der Waals surface area contributed by atoms with E-state index >= 15 is 13.2 Å². The number of halogens is 3. The van der Waals surface area contributed by atoms with Gasteiger partial charge in [-0.15, -0.1) is 0 Å². The lowest BCUT2D eigenvalue weighted by atomic mass is 9.95. The first-order chi connectivity index (χ1) is 48.2. The fourth-order valence-electron chi connectivity index (χ4n) is 13.1. The third-order valence-corrected chi connectivity index (χ3v) is 17.5. The molecule has 0 saturated carbocycles. The van der Waals surface area contributed by atoms with E-state index in [2.05, 4.69) is 22.8 Å². The molecule has 12 nitrogen and oxygen atoms in total. The standard InChI is InChI=1S/C83H49F3N12/c84-83(85,86)65-38-22-42-71(98-67-40-19-17-36-62(67)64-49-59(44-46-69(64)98)80-92-76(54-28-10-3-11-29-54)89-77(93-80)55-30-12-4-13-31-55)73(65)82-95-78(56-32-14-5-15-33-56)94-81(96-82)72-60(57-34-20-23-51(47-57)50-87)37-21-41-70(72)97-66-39-18-16-35-61(66)63-48-58(43-45-68(63)97)79-90-74(52-24-6-1-7-25-52)88-75(91-79)53-26-8-2-9-27-53/h1-49H. The van der Waals surface area contributed by atoms with Crippen LogP contribution in [0.25, 0.3) is 169 Å². The van der Waals surface area contributed by atoms with Crippen LogP contribution in [0, 0.1) is 11.3 Å². The quantitative estimate of drug-likeness (QED) is 0.116. The fraction of sp³-hybridized carbons (Fsp3) is 0.0120. The highest BCUT2D eigenvalue weighted by molar-refractivity contribution is 6.12. The van der Waals surface area contributed by atoms with Crippen LogP contribution in [0.15, 0.2) is 297 Å². The van der Waals surface area contributed by atoms with Crippen LogP contribution >= 0.6 is 0 Å². The molecule has 0 saturated heterocycles. The van der Waals surface area contributed by atoms with Crippen molar-refractivity contribution in [2.75, 3.05) is 0 Å². The maximum absolute atomic E-state index is 16.5. The maximum Gasteiger partial charge on any atom is 0.417 e. The summed E-state index contributed by atoms with van der Waals surface area (Å²) >= 11 is 0. The molecular weight excluding hydrogens is 1220 g/mol. The molecule has 0 aliphatic carbocycles. The average Bonchev–Trinajstić information content (AvgIpc) is 1.40. The minimum Gasteiger partial charge on any atom is -0.308 e. The fourth-order valence-corrected chi connectivity index (χ4v) is 13.1. The third kappa shape index (κ3) is 10.5. The number of benzene rings is 12. The highest BCUT2D eigenvalue weighted by Gasteiger charge is 2.37. The Labute approximate surface area is 558 Å². The molecule has 0 spiro atoms. The molecule has 0 atom stereocenters. The normalized spacial score (nSPS) is 11.6. The van der Waals surface area contributed by atoms with Crippen LogP contribution < -0.4 is 0 Å². The molecule has 12 aromatic carbocycles. The van der Waals surface area contributed by atoms with Crippen LogP contribution in [-0.2, 0) is 6.18 Å². The number of aromatic nitrogens is 11. The van der Waals surface area contributed by atoms with Gasteiger partial charge in [-0.05, 0) is 90.0 Å². The number of nitriles is 1. The van der Waals surface area contributed by atoms with Crippen molar-refractivity contribution >= 4 is 43.6 Å². The van der Waals surface area contributed by atoms with Crippen LogP contribution in [0.2, 0.25) is 0 Å². The summed E-state index contributed by atoms with van der Waals surface area (Å²) in [6, 6.07) is 95.4. The molecular formula is C83H49F3N12. The highest BCUT2D eigenvalue weighted by Crippen LogP contribution is 2.46. The van der Waals surface area contributed by atoms with Gasteiger partial charge in [0, 0.05) is 60.5 Å². The van der Waals surface area contributed by atoms with Crippen molar-refractivity contribution in [2.24, 2.45) is 0 Å². The zero-order chi connectivity index (χ0) is 65.8. The van der Waals surface area contributed by atoms with Gasteiger partial charge in [-0.3, -0.25) is 0 Å². The summed E-state index contributed by atoms with van der Waals surface area (Å²) in [5, 5.41) is 13.7. The minimum atomic E-state index is -4.92. The topological polar surface area (TPSA) is 150 Å². The lowest BCUT2D eigenvalue weighted by Crippen LogP contribution is -2.13. The zero-order valence-corrected chi connectivity index (χ0v) is 51.8. The van der Waals surface area contributed by atoms with E-state index in [4.69, 9.17) is 44.9 Å². The second kappa shape index (κ2) is 24.1. The van der Waals surface area contributed by atoms with Crippen LogP contribution in [0.1, 0.15) is 11.1 Å². The second-order valence-corrected chi connectivity index (χ2v) is 23.5. The smallest absolute Gasteiger partial charge is 0.308 e. The first-order valence-electron chi connectivity index (χ1n) is 31.7. The molecule has 0 bridgehead atoms. The molecule has 0 fully saturated rings. The summed E-state index contributed by atoms with van der Waals surface area (Å²) in [6.07, 6.45) is -4.92. The van der Waals surface area contributed by atoms with E-state index in [1.165, 1.54) is 6.07 Å². The first-order valence-corrected chi connectivity index (χ1v) is 31.7. The molecule has 0 amide bonds. The van der Waals surface area contributed by atoms with Gasteiger partial charge in [0.2, 0.25) is 0 Å². The number of alkyl halides is 3. The van der Waals surface area contributed by atoms with E-state index in [0.717, 1.165) is 66.5 Å². The van der Waals surface area contributed by atoms with Crippen molar-refractivity contribution in [3.63, 3.8) is 0 Å². The summed E-state index contributed by atoms with van der Waals surface area (Å²) in [5.41, 5.74) is 9.76. The summed E-state index contributed by atoms with van der Waals surface area (Å²) in [4.78, 5) is 45.9. The lowest BCUT2D eigenvalue weighted by molar-refractivity contribution is -0.137. The molecule has 98 heavy (non-hydrogen) atoms. The Morgan fingerprint density at radius 1 is 0.265 bits per heavy atom. The second-order valence-electron chi connectivity index (χ2n) is 23.5. The molecule has 17 rings (SSSR count). The molecule has 462 valence electrons. The van der Waals surface area contributed by atoms with E-state index in [1.807, 2.05) is 259 Å². The Bertz CT molecular complexity index is 5880. The number of para-hydroxylation sites is 2. The van der Waals surface area contributed by atoms with Crippen LogP contribution in [-0.4, -0.2) is 54.0 Å².